The molecule has 2 aromatic carbocycles. The monoisotopic (exact) mass is 290 g/mol. The quantitative estimate of drug-likeness (QED) is 0.587. The third-order valence-corrected chi connectivity index (χ3v) is 4.89. The van der Waals surface area contributed by atoms with Crippen LogP contribution in [-0.4, -0.2) is 0 Å². The van der Waals surface area contributed by atoms with Crippen LogP contribution in [0.5, 0.6) is 0 Å². The van der Waals surface area contributed by atoms with Crippen LogP contribution in [0.15, 0.2) is 48.0 Å². The molecular weight excluding hydrogens is 264 g/mol. The van der Waals surface area contributed by atoms with Gasteiger partial charge in [0.05, 0.1) is 0 Å². The van der Waals surface area contributed by atoms with Crippen molar-refractivity contribution in [1.82, 2.24) is 0 Å². The highest BCUT2D eigenvalue weighted by molar-refractivity contribution is 5.78. The Morgan fingerprint density at radius 1 is 0.955 bits per heavy atom. The maximum absolute atomic E-state index is 2.36. The molecule has 0 saturated heterocycles. The van der Waals surface area contributed by atoms with Gasteiger partial charge in [0.15, 0.2) is 0 Å². The predicted octanol–water partition coefficient (Wildman–Crippen LogP) is 6.56. The normalized spacial score (nSPS) is 17.3. The first-order chi connectivity index (χ1) is 10.4. The minimum atomic E-state index is 0.210. The Morgan fingerprint density at radius 2 is 1.64 bits per heavy atom. The van der Waals surface area contributed by atoms with Crippen LogP contribution in [0.4, 0.5) is 0 Å². The number of allylic oxidation sites excluding steroid dienone is 1. The molecule has 1 aliphatic carbocycles. The van der Waals surface area contributed by atoms with Gasteiger partial charge in [-0.3, -0.25) is 0 Å². The fourth-order valence-electron chi connectivity index (χ4n) is 3.60. The van der Waals surface area contributed by atoms with Gasteiger partial charge in [-0.2, -0.15) is 0 Å². The summed E-state index contributed by atoms with van der Waals surface area (Å²) in [5.41, 5.74) is 8.76. The average molecular weight is 290 g/mol. The molecule has 0 aromatic heterocycles. The zero-order valence-electron chi connectivity index (χ0n) is 14.4. The number of hydrogen-bond acceptors (Lipinski definition) is 0. The van der Waals surface area contributed by atoms with Crippen molar-refractivity contribution in [2.45, 2.75) is 52.4 Å². The molecule has 0 amide bonds. The highest BCUT2D eigenvalue weighted by Crippen LogP contribution is 2.43. The lowest BCUT2D eigenvalue weighted by molar-refractivity contribution is 0.590. The Bertz CT molecular complexity index is 709. The summed E-state index contributed by atoms with van der Waals surface area (Å²) >= 11 is 0. The summed E-state index contributed by atoms with van der Waals surface area (Å²) in [7, 11) is 0. The van der Waals surface area contributed by atoms with E-state index in [1.165, 1.54) is 39.8 Å². The highest BCUT2D eigenvalue weighted by Gasteiger charge is 2.24. The van der Waals surface area contributed by atoms with E-state index in [0.717, 1.165) is 0 Å². The molecule has 114 valence electrons. The summed E-state index contributed by atoms with van der Waals surface area (Å²) in [6.07, 6.45) is 3.53. The van der Waals surface area contributed by atoms with E-state index in [0.29, 0.717) is 5.92 Å². The summed E-state index contributed by atoms with van der Waals surface area (Å²) in [6, 6.07) is 15.9. The molecule has 3 rings (SSSR count). The molecule has 0 N–H and O–H groups in total. The largest absolute Gasteiger partial charge is 0.0652 e. The Hall–Kier alpha value is -1.82. The van der Waals surface area contributed by atoms with Gasteiger partial charge in [0.2, 0.25) is 0 Å². The van der Waals surface area contributed by atoms with Crippen LogP contribution in [0, 0.1) is 0 Å². The third-order valence-electron chi connectivity index (χ3n) is 4.89. The number of rotatable bonds is 2. The van der Waals surface area contributed by atoms with E-state index in [2.05, 4.69) is 83.2 Å². The smallest absolute Gasteiger partial charge is 0.00582 e. The van der Waals surface area contributed by atoms with E-state index in [1.54, 1.807) is 0 Å². The minimum Gasteiger partial charge on any atom is -0.0652 e. The second-order valence-corrected chi connectivity index (χ2v) is 7.49. The van der Waals surface area contributed by atoms with Gasteiger partial charge in [-0.15, -0.1) is 0 Å². The number of benzene rings is 2. The Morgan fingerprint density at radius 3 is 2.23 bits per heavy atom. The Kier molecular flexibility index (Phi) is 3.72. The molecule has 22 heavy (non-hydrogen) atoms. The number of hydrogen-bond donors (Lipinski definition) is 0. The SMILES string of the molecule is CCC1C(C)=Cc2cccc(-c3ccc(C(C)(C)C)cc3)c21. The van der Waals surface area contributed by atoms with E-state index in [1.807, 2.05) is 0 Å². The lowest BCUT2D eigenvalue weighted by Gasteiger charge is -2.20. The fourth-order valence-corrected chi connectivity index (χ4v) is 3.60. The van der Waals surface area contributed by atoms with E-state index < -0.39 is 0 Å². The van der Waals surface area contributed by atoms with E-state index in [-0.39, 0.29) is 5.41 Å². The van der Waals surface area contributed by atoms with E-state index >= 15 is 0 Å². The molecule has 2 aromatic rings. The standard InChI is InChI=1S/C22H26/c1-6-19-15(2)14-17-8-7-9-20(21(17)19)16-10-12-18(13-11-16)22(3,4)5/h7-14,19H,6H2,1-5H3. The lowest BCUT2D eigenvalue weighted by Crippen LogP contribution is -2.10. The molecule has 1 atom stereocenters. The van der Waals surface area contributed by atoms with Crippen LogP contribution in [0.25, 0.3) is 17.2 Å². The summed E-state index contributed by atoms with van der Waals surface area (Å²) in [5.74, 6) is 0.577. The molecule has 0 spiro atoms. The molecule has 0 fully saturated rings. The first-order valence-electron chi connectivity index (χ1n) is 8.34. The van der Waals surface area contributed by atoms with Crippen molar-refractivity contribution in [2.75, 3.05) is 0 Å². The predicted molar refractivity (Wildman–Crippen MR) is 97.3 cm³/mol. The first kappa shape index (κ1) is 15.1. The maximum atomic E-state index is 2.36. The lowest BCUT2D eigenvalue weighted by atomic mass is 9.84. The minimum absolute atomic E-state index is 0.210. The van der Waals surface area contributed by atoms with Crippen molar-refractivity contribution < 1.29 is 0 Å². The summed E-state index contributed by atoms with van der Waals surface area (Å²) < 4.78 is 0. The summed E-state index contributed by atoms with van der Waals surface area (Å²) in [4.78, 5) is 0. The fraction of sp³-hybridized carbons (Fsp3) is 0.364. The zero-order chi connectivity index (χ0) is 15.9. The molecule has 0 heterocycles. The van der Waals surface area contributed by atoms with Crippen LogP contribution in [0.2, 0.25) is 0 Å². The highest BCUT2D eigenvalue weighted by atomic mass is 14.3. The van der Waals surface area contributed by atoms with Crippen LogP contribution >= 0.6 is 0 Å². The van der Waals surface area contributed by atoms with Crippen LogP contribution in [0.3, 0.4) is 0 Å². The van der Waals surface area contributed by atoms with Crippen molar-refractivity contribution in [3.63, 3.8) is 0 Å². The second kappa shape index (κ2) is 5.43. The van der Waals surface area contributed by atoms with Gasteiger partial charge in [0, 0.05) is 5.92 Å². The van der Waals surface area contributed by atoms with Gasteiger partial charge in [-0.25, -0.2) is 0 Å². The van der Waals surface area contributed by atoms with Crippen molar-refractivity contribution in [3.05, 3.63) is 64.7 Å². The van der Waals surface area contributed by atoms with Gasteiger partial charge < -0.3 is 0 Å². The third kappa shape index (κ3) is 2.52. The molecule has 0 saturated carbocycles. The van der Waals surface area contributed by atoms with Crippen molar-refractivity contribution in [1.29, 1.82) is 0 Å². The Balaban J connectivity index is 2.07. The van der Waals surface area contributed by atoms with Gasteiger partial charge in [-0.05, 0) is 46.6 Å². The molecule has 1 unspecified atom stereocenters. The van der Waals surface area contributed by atoms with Gasteiger partial charge in [-0.1, -0.05) is 81.8 Å². The zero-order valence-corrected chi connectivity index (χ0v) is 14.4. The van der Waals surface area contributed by atoms with Gasteiger partial charge >= 0.3 is 0 Å². The molecule has 0 radical (unpaired) electrons. The molecule has 1 aliphatic rings. The number of fused-ring (bicyclic) bond motifs is 1. The van der Waals surface area contributed by atoms with Crippen LogP contribution in [0.1, 0.15) is 63.6 Å². The summed E-state index contributed by atoms with van der Waals surface area (Å²) in [5, 5.41) is 0. The molecule has 0 heteroatoms. The average Bonchev–Trinajstić information content (AvgIpc) is 2.81. The maximum Gasteiger partial charge on any atom is 0.00582 e. The van der Waals surface area contributed by atoms with E-state index in [4.69, 9.17) is 0 Å². The molecule has 0 nitrogen and oxygen atoms in total. The molecule has 0 aliphatic heterocycles. The molecular formula is C22H26. The topological polar surface area (TPSA) is 0 Å². The van der Waals surface area contributed by atoms with Crippen molar-refractivity contribution >= 4 is 6.08 Å². The summed E-state index contributed by atoms with van der Waals surface area (Å²) in [6.45, 7) is 11.4. The second-order valence-electron chi connectivity index (χ2n) is 7.49. The van der Waals surface area contributed by atoms with Crippen LogP contribution in [-0.2, 0) is 5.41 Å². The van der Waals surface area contributed by atoms with Gasteiger partial charge in [0.25, 0.3) is 0 Å². The Labute approximate surface area is 134 Å². The van der Waals surface area contributed by atoms with Crippen LogP contribution < -0.4 is 0 Å². The first-order valence-corrected chi connectivity index (χ1v) is 8.34. The molecule has 0 bridgehead atoms. The van der Waals surface area contributed by atoms with E-state index in [9.17, 15) is 0 Å². The van der Waals surface area contributed by atoms with Gasteiger partial charge in [0.1, 0.15) is 0 Å². The van der Waals surface area contributed by atoms with Crippen molar-refractivity contribution in [2.24, 2.45) is 0 Å². The van der Waals surface area contributed by atoms with Crippen molar-refractivity contribution in [3.8, 4) is 11.1 Å².